The van der Waals surface area contributed by atoms with Gasteiger partial charge in [-0.3, -0.25) is 14.2 Å². The molecule has 0 aliphatic rings. The highest BCUT2D eigenvalue weighted by Crippen LogP contribution is 2.24. The van der Waals surface area contributed by atoms with Crippen LogP contribution in [0.15, 0.2) is 70.3 Å². The van der Waals surface area contributed by atoms with Crippen LogP contribution in [-0.2, 0) is 29.5 Å². The summed E-state index contributed by atoms with van der Waals surface area (Å²) in [7, 11) is 5.50. The van der Waals surface area contributed by atoms with Gasteiger partial charge >= 0.3 is 11.7 Å². The molecule has 4 aromatic rings. The molecule has 9 nitrogen and oxygen atoms in total. The van der Waals surface area contributed by atoms with Crippen LogP contribution in [0.25, 0.3) is 16.6 Å². The molecule has 4 rings (SSSR count). The van der Waals surface area contributed by atoms with Gasteiger partial charge in [-0.25, -0.2) is 14.2 Å². The molecule has 0 saturated heterocycles. The third-order valence-corrected chi connectivity index (χ3v) is 7.23. The van der Waals surface area contributed by atoms with Crippen LogP contribution in [-0.4, -0.2) is 52.2 Å². The summed E-state index contributed by atoms with van der Waals surface area (Å²) in [5.74, 6) is -1.24. The van der Waals surface area contributed by atoms with Gasteiger partial charge in [-0.1, -0.05) is 47.5 Å². The molecule has 220 valence electrons. The van der Waals surface area contributed by atoms with Crippen LogP contribution >= 0.6 is 23.2 Å². The van der Waals surface area contributed by atoms with Gasteiger partial charge < -0.3 is 15.0 Å². The lowest BCUT2D eigenvalue weighted by Crippen LogP contribution is -2.44. The van der Waals surface area contributed by atoms with E-state index in [1.165, 1.54) is 16.7 Å². The number of fused-ring (bicyclic) bond motifs is 1. The molecule has 0 fully saturated rings. The van der Waals surface area contributed by atoms with Gasteiger partial charge in [0.2, 0.25) is 0 Å². The molecule has 0 bridgehead atoms. The average molecular weight is 612 g/mol. The number of esters is 1. The molecular formula is C31H32Cl2N4O5. The van der Waals surface area contributed by atoms with Crippen molar-refractivity contribution in [1.29, 1.82) is 0 Å². The first-order valence-corrected chi connectivity index (χ1v) is 14.1. The average Bonchev–Trinajstić information content (AvgIpc) is 2.91. The molecule has 0 radical (unpaired) electrons. The zero-order chi connectivity index (χ0) is 30.7. The van der Waals surface area contributed by atoms with E-state index in [2.05, 4.69) is 5.32 Å². The third-order valence-electron chi connectivity index (χ3n) is 6.60. The van der Waals surface area contributed by atoms with E-state index < -0.39 is 35.3 Å². The number of hydrogen-bond acceptors (Lipinski definition) is 6. The van der Waals surface area contributed by atoms with E-state index in [1.54, 1.807) is 63.4 Å². The molecule has 0 aliphatic heterocycles. The summed E-state index contributed by atoms with van der Waals surface area (Å²) in [6, 6.07) is 15.8. The number of rotatable bonds is 9. The van der Waals surface area contributed by atoms with Gasteiger partial charge in [0.05, 0.1) is 38.3 Å². The van der Waals surface area contributed by atoms with Crippen molar-refractivity contribution in [2.24, 2.45) is 7.05 Å². The zero-order valence-corrected chi connectivity index (χ0v) is 25.5. The summed E-state index contributed by atoms with van der Waals surface area (Å²) in [6.07, 6.45) is -0.324. The Hall–Kier alpha value is -3.92. The van der Waals surface area contributed by atoms with Crippen LogP contribution in [0, 0.1) is 0 Å². The predicted molar refractivity (Wildman–Crippen MR) is 165 cm³/mol. The normalized spacial score (nSPS) is 12.1. The number of benzene rings is 3. The largest absolute Gasteiger partial charge is 0.461 e. The van der Waals surface area contributed by atoms with E-state index >= 15 is 0 Å². The van der Waals surface area contributed by atoms with Gasteiger partial charge in [-0.05, 0) is 75.5 Å². The molecule has 42 heavy (non-hydrogen) atoms. The molecule has 11 heteroatoms. The Morgan fingerprint density at radius 3 is 2.17 bits per heavy atom. The second kappa shape index (κ2) is 12.9. The quantitative estimate of drug-likeness (QED) is 0.283. The number of aromatic nitrogens is 2. The van der Waals surface area contributed by atoms with Gasteiger partial charge in [0, 0.05) is 20.0 Å². The van der Waals surface area contributed by atoms with Crippen molar-refractivity contribution in [2.75, 3.05) is 14.1 Å². The zero-order valence-electron chi connectivity index (χ0n) is 24.0. The Balaban J connectivity index is 1.66. The van der Waals surface area contributed by atoms with E-state index in [0.717, 1.165) is 10.1 Å². The molecule has 0 unspecified atom stereocenters. The van der Waals surface area contributed by atoms with Crippen molar-refractivity contribution >= 4 is 46.0 Å². The topological polar surface area (TPSA) is 103 Å². The highest BCUT2D eigenvalue weighted by Gasteiger charge is 2.26. The Labute approximate surface area is 253 Å². The molecule has 1 aromatic heterocycles. The van der Waals surface area contributed by atoms with Crippen LogP contribution in [0.4, 0.5) is 0 Å². The number of nitrogens with one attached hydrogen (secondary N) is 1. The Morgan fingerprint density at radius 1 is 0.952 bits per heavy atom. The van der Waals surface area contributed by atoms with Crippen molar-refractivity contribution in [3.63, 3.8) is 0 Å². The first kappa shape index (κ1) is 31.0. The standard InChI is InChI=1S/C31H32Cl2N4O5/c1-18(2)42-30(40)25(34-28(38)27-23(32)7-6-8-24(27)33)16-19-9-12-21(13-10-19)37-29(39)22-15-20(17-35(3)4)11-14-26(22)36(5)31(37)41/h6-15,18,25H,16-17H2,1-5H3,(H,34,38)/t25-/m0/s1. The van der Waals surface area contributed by atoms with Gasteiger partial charge in [0.25, 0.3) is 11.5 Å². The summed E-state index contributed by atoms with van der Waals surface area (Å²) in [5.41, 5.74) is 1.67. The monoisotopic (exact) mass is 610 g/mol. The van der Waals surface area contributed by atoms with Crippen molar-refractivity contribution in [2.45, 2.75) is 39.0 Å². The van der Waals surface area contributed by atoms with Gasteiger partial charge in [0.15, 0.2) is 0 Å². The Kier molecular flexibility index (Phi) is 9.56. The SMILES string of the molecule is CC(C)OC(=O)[C@H](Cc1ccc(-n2c(=O)c3cc(CN(C)C)ccc3n(C)c2=O)cc1)NC(=O)c1c(Cl)cccc1Cl. The van der Waals surface area contributed by atoms with Crippen LogP contribution in [0.3, 0.4) is 0 Å². The summed E-state index contributed by atoms with van der Waals surface area (Å²) in [4.78, 5) is 54.7. The van der Waals surface area contributed by atoms with Crippen molar-refractivity contribution in [3.05, 3.63) is 108 Å². The number of ether oxygens (including phenoxy) is 1. The lowest BCUT2D eigenvalue weighted by Gasteiger charge is -2.20. The fraction of sp³-hybridized carbons (Fsp3) is 0.290. The Morgan fingerprint density at radius 2 is 1.57 bits per heavy atom. The minimum Gasteiger partial charge on any atom is -0.461 e. The van der Waals surface area contributed by atoms with Crippen LogP contribution in [0.5, 0.6) is 0 Å². The number of nitrogens with zero attached hydrogens (tertiary/aromatic N) is 3. The highest BCUT2D eigenvalue weighted by molar-refractivity contribution is 6.39. The first-order valence-electron chi connectivity index (χ1n) is 13.3. The van der Waals surface area contributed by atoms with Gasteiger partial charge in [0.1, 0.15) is 6.04 Å². The predicted octanol–water partition coefficient (Wildman–Crippen LogP) is 4.35. The minimum atomic E-state index is -1.05. The van der Waals surface area contributed by atoms with Crippen LogP contribution in [0.1, 0.15) is 35.3 Å². The molecule has 1 heterocycles. The third kappa shape index (κ3) is 6.75. The van der Waals surface area contributed by atoms with Gasteiger partial charge in [-0.2, -0.15) is 0 Å². The number of hydrogen-bond donors (Lipinski definition) is 1. The minimum absolute atomic E-state index is 0.0544. The smallest absolute Gasteiger partial charge is 0.335 e. The molecule has 1 amide bonds. The summed E-state index contributed by atoms with van der Waals surface area (Å²) in [6.45, 7) is 4.07. The van der Waals surface area contributed by atoms with E-state index in [0.29, 0.717) is 28.7 Å². The molecule has 3 aromatic carbocycles. The first-order chi connectivity index (χ1) is 19.9. The van der Waals surface area contributed by atoms with E-state index in [9.17, 15) is 19.2 Å². The van der Waals surface area contributed by atoms with Crippen LogP contribution in [0.2, 0.25) is 10.0 Å². The highest BCUT2D eigenvalue weighted by atomic mass is 35.5. The van der Waals surface area contributed by atoms with E-state index in [1.807, 2.05) is 25.1 Å². The second-order valence-corrected chi connectivity index (χ2v) is 11.4. The van der Waals surface area contributed by atoms with Crippen molar-refractivity contribution < 1.29 is 14.3 Å². The maximum absolute atomic E-state index is 13.5. The number of aryl methyl sites for hydroxylation is 1. The molecule has 0 aliphatic carbocycles. The molecule has 1 N–H and O–H groups in total. The summed E-state index contributed by atoms with van der Waals surface area (Å²) in [5, 5.41) is 3.41. The number of amides is 1. The lowest BCUT2D eigenvalue weighted by molar-refractivity contribution is -0.149. The van der Waals surface area contributed by atoms with Crippen LogP contribution < -0.4 is 16.6 Å². The Bertz CT molecular complexity index is 1740. The number of carbonyl (C=O) groups is 2. The maximum atomic E-state index is 13.5. The lowest BCUT2D eigenvalue weighted by atomic mass is 10.0. The molecular weight excluding hydrogens is 579 g/mol. The fourth-order valence-corrected chi connectivity index (χ4v) is 5.24. The summed E-state index contributed by atoms with van der Waals surface area (Å²) < 4.78 is 7.95. The number of halogens is 2. The fourth-order valence-electron chi connectivity index (χ4n) is 4.67. The van der Waals surface area contributed by atoms with Gasteiger partial charge in [-0.15, -0.1) is 0 Å². The summed E-state index contributed by atoms with van der Waals surface area (Å²) >= 11 is 12.4. The molecule has 0 saturated carbocycles. The van der Waals surface area contributed by atoms with Crippen molar-refractivity contribution in [1.82, 2.24) is 19.4 Å². The molecule has 0 spiro atoms. The van der Waals surface area contributed by atoms with E-state index in [4.69, 9.17) is 27.9 Å². The number of carbonyl (C=O) groups excluding carboxylic acids is 2. The molecule has 1 atom stereocenters. The van der Waals surface area contributed by atoms with Crippen molar-refractivity contribution in [3.8, 4) is 5.69 Å². The second-order valence-electron chi connectivity index (χ2n) is 10.6. The van der Waals surface area contributed by atoms with E-state index in [-0.39, 0.29) is 22.0 Å². The maximum Gasteiger partial charge on any atom is 0.335 e.